The van der Waals surface area contributed by atoms with Gasteiger partial charge in [-0.1, -0.05) is 0 Å². The van der Waals surface area contributed by atoms with Gasteiger partial charge >= 0.3 is 5.97 Å². The number of nitrogens with zero attached hydrogens (tertiary/aromatic N) is 1. The van der Waals surface area contributed by atoms with Gasteiger partial charge in [-0.05, 0) is 37.3 Å². The summed E-state index contributed by atoms with van der Waals surface area (Å²) in [5, 5.41) is 15.7. The van der Waals surface area contributed by atoms with E-state index in [9.17, 15) is 29.3 Å². The molecule has 0 atom stereocenters. The van der Waals surface area contributed by atoms with Gasteiger partial charge in [-0.15, -0.1) is 0 Å². The van der Waals surface area contributed by atoms with Crippen LogP contribution in [-0.2, 0) is 14.3 Å². The standard InChI is InChI=1S/C20H17N3O8/c1-11-6-13(2-4-15(11)23(28)29)20(27)21-8-19(26)31-9-16(24)12-3-5-17-14(7-12)22-18(25)10-30-17/h2-7H,8-10H2,1H3,(H,21,27)(H,22,25). The highest BCUT2D eigenvalue weighted by molar-refractivity contribution is 6.02. The number of hydrogen-bond acceptors (Lipinski definition) is 8. The summed E-state index contributed by atoms with van der Waals surface area (Å²) < 4.78 is 10.1. The van der Waals surface area contributed by atoms with E-state index < -0.39 is 35.7 Å². The summed E-state index contributed by atoms with van der Waals surface area (Å²) in [4.78, 5) is 57.8. The third-order valence-corrected chi connectivity index (χ3v) is 4.35. The minimum Gasteiger partial charge on any atom is -0.482 e. The van der Waals surface area contributed by atoms with E-state index in [1.54, 1.807) is 0 Å². The SMILES string of the molecule is Cc1cc(C(=O)NCC(=O)OCC(=O)c2ccc3c(c2)NC(=O)CO3)ccc1[N+](=O)[O-]. The highest BCUT2D eigenvalue weighted by atomic mass is 16.6. The summed E-state index contributed by atoms with van der Waals surface area (Å²) in [6.45, 7) is 0.339. The van der Waals surface area contributed by atoms with Gasteiger partial charge < -0.3 is 20.1 Å². The molecule has 0 aromatic heterocycles. The lowest BCUT2D eigenvalue weighted by molar-refractivity contribution is -0.385. The number of benzene rings is 2. The molecule has 0 fully saturated rings. The van der Waals surface area contributed by atoms with Crippen molar-refractivity contribution in [1.29, 1.82) is 0 Å². The molecule has 2 amide bonds. The molecule has 2 aromatic carbocycles. The molecule has 0 radical (unpaired) electrons. The zero-order valence-corrected chi connectivity index (χ0v) is 16.3. The zero-order chi connectivity index (χ0) is 22.5. The van der Waals surface area contributed by atoms with Crippen molar-refractivity contribution in [3.8, 4) is 5.75 Å². The number of ketones is 1. The molecule has 0 saturated heterocycles. The second-order valence-corrected chi connectivity index (χ2v) is 6.57. The average molecular weight is 427 g/mol. The van der Waals surface area contributed by atoms with Crippen molar-refractivity contribution in [2.24, 2.45) is 0 Å². The first-order valence-electron chi connectivity index (χ1n) is 9.03. The minimum atomic E-state index is -0.838. The Balaban J connectivity index is 1.50. The van der Waals surface area contributed by atoms with E-state index in [1.807, 2.05) is 0 Å². The topological polar surface area (TPSA) is 154 Å². The number of carbonyl (C=O) groups is 4. The first-order chi connectivity index (χ1) is 14.7. The van der Waals surface area contributed by atoms with E-state index in [-0.39, 0.29) is 29.3 Å². The van der Waals surface area contributed by atoms with Crippen molar-refractivity contribution in [2.75, 3.05) is 25.1 Å². The molecular formula is C20H17N3O8. The molecule has 0 bridgehead atoms. The van der Waals surface area contributed by atoms with Gasteiger partial charge in [-0.2, -0.15) is 0 Å². The lowest BCUT2D eigenvalue weighted by Crippen LogP contribution is -2.31. The van der Waals surface area contributed by atoms with Gasteiger partial charge in [-0.3, -0.25) is 29.3 Å². The molecule has 2 aromatic rings. The number of amides is 2. The van der Waals surface area contributed by atoms with Gasteiger partial charge in [0.1, 0.15) is 12.3 Å². The fraction of sp³-hybridized carbons (Fsp3) is 0.200. The monoisotopic (exact) mass is 427 g/mol. The lowest BCUT2D eigenvalue weighted by atomic mass is 10.1. The van der Waals surface area contributed by atoms with Crippen LogP contribution in [0.3, 0.4) is 0 Å². The number of rotatable bonds is 7. The quantitative estimate of drug-likeness (QED) is 0.291. The van der Waals surface area contributed by atoms with Crippen molar-refractivity contribution < 1.29 is 33.6 Å². The Morgan fingerprint density at radius 1 is 1.19 bits per heavy atom. The Morgan fingerprint density at radius 3 is 2.65 bits per heavy atom. The predicted octanol–water partition coefficient (Wildman–Crippen LogP) is 1.39. The van der Waals surface area contributed by atoms with Gasteiger partial charge in [0, 0.05) is 22.8 Å². The molecule has 1 aliphatic rings. The summed E-state index contributed by atoms with van der Waals surface area (Å²) in [7, 11) is 0. The Morgan fingerprint density at radius 2 is 1.94 bits per heavy atom. The maximum atomic E-state index is 12.2. The van der Waals surface area contributed by atoms with Gasteiger partial charge in [0.05, 0.1) is 10.6 Å². The number of hydrogen-bond donors (Lipinski definition) is 2. The molecule has 11 nitrogen and oxygen atoms in total. The van der Waals surface area contributed by atoms with Crippen LogP contribution < -0.4 is 15.4 Å². The lowest BCUT2D eigenvalue weighted by Gasteiger charge is -2.18. The van der Waals surface area contributed by atoms with Crippen LogP contribution in [-0.4, -0.2) is 48.2 Å². The maximum Gasteiger partial charge on any atom is 0.325 e. The third-order valence-electron chi connectivity index (χ3n) is 4.35. The largest absolute Gasteiger partial charge is 0.482 e. The van der Waals surface area contributed by atoms with Crippen LogP contribution in [0.2, 0.25) is 0 Å². The van der Waals surface area contributed by atoms with E-state index in [0.29, 0.717) is 17.0 Å². The summed E-state index contributed by atoms with van der Waals surface area (Å²) in [5.41, 5.74) is 0.882. The normalized spacial score (nSPS) is 12.1. The van der Waals surface area contributed by atoms with Crippen LogP contribution in [0, 0.1) is 17.0 Å². The molecule has 0 aliphatic carbocycles. The number of ether oxygens (including phenoxy) is 2. The second-order valence-electron chi connectivity index (χ2n) is 6.57. The molecule has 2 N–H and O–H groups in total. The summed E-state index contributed by atoms with van der Waals surface area (Å²) in [6, 6.07) is 8.23. The first kappa shape index (κ1) is 21.4. The van der Waals surface area contributed by atoms with E-state index in [4.69, 9.17) is 9.47 Å². The number of nitro benzene ring substituents is 1. The van der Waals surface area contributed by atoms with Gasteiger partial charge in [-0.25, -0.2) is 0 Å². The first-order valence-corrected chi connectivity index (χ1v) is 9.03. The number of aryl methyl sites for hydroxylation is 1. The van der Waals surface area contributed by atoms with Crippen LogP contribution in [0.5, 0.6) is 5.75 Å². The van der Waals surface area contributed by atoms with Gasteiger partial charge in [0.15, 0.2) is 19.0 Å². The number of nitro groups is 1. The molecule has 3 rings (SSSR count). The Kier molecular flexibility index (Phi) is 6.24. The van der Waals surface area contributed by atoms with Crippen LogP contribution in [0.25, 0.3) is 0 Å². The smallest absolute Gasteiger partial charge is 0.325 e. The van der Waals surface area contributed by atoms with E-state index in [0.717, 1.165) is 0 Å². The minimum absolute atomic E-state index is 0.108. The van der Waals surface area contributed by atoms with Crippen LogP contribution in [0.15, 0.2) is 36.4 Å². The van der Waals surface area contributed by atoms with Crippen molar-refractivity contribution in [2.45, 2.75) is 6.92 Å². The number of Topliss-reactive ketones (excluding diaryl/α,β-unsaturated/α-hetero) is 1. The molecule has 0 unspecified atom stereocenters. The van der Waals surface area contributed by atoms with Gasteiger partial charge in [0.2, 0.25) is 0 Å². The number of carbonyl (C=O) groups excluding carboxylic acids is 4. The van der Waals surface area contributed by atoms with Crippen molar-refractivity contribution in [1.82, 2.24) is 5.32 Å². The molecule has 0 saturated carbocycles. The van der Waals surface area contributed by atoms with Crippen LogP contribution >= 0.6 is 0 Å². The highest BCUT2D eigenvalue weighted by Crippen LogP contribution is 2.28. The molecular weight excluding hydrogens is 410 g/mol. The molecule has 1 aliphatic heterocycles. The van der Waals surface area contributed by atoms with Crippen molar-refractivity contribution in [3.63, 3.8) is 0 Å². The Bertz CT molecular complexity index is 1100. The van der Waals surface area contributed by atoms with Crippen LogP contribution in [0.4, 0.5) is 11.4 Å². The fourth-order valence-corrected chi connectivity index (χ4v) is 2.79. The number of nitrogens with one attached hydrogen (secondary N) is 2. The van der Waals surface area contributed by atoms with Crippen LogP contribution in [0.1, 0.15) is 26.3 Å². The summed E-state index contributed by atoms with van der Waals surface area (Å²) in [6.07, 6.45) is 0. The Labute approximate surface area is 175 Å². The summed E-state index contributed by atoms with van der Waals surface area (Å²) in [5.74, 6) is -1.88. The molecule has 31 heavy (non-hydrogen) atoms. The highest BCUT2D eigenvalue weighted by Gasteiger charge is 2.19. The summed E-state index contributed by atoms with van der Waals surface area (Å²) >= 11 is 0. The predicted molar refractivity (Wildman–Crippen MR) is 106 cm³/mol. The number of fused-ring (bicyclic) bond motifs is 1. The van der Waals surface area contributed by atoms with Gasteiger partial charge in [0.25, 0.3) is 17.5 Å². The molecule has 160 valence electrons. The van der Waals surface area contributed by atoms with E-state index in [1.165, 1.54) is 43.3 Å². The maximum absolute atomic E-state index is 12.2. The van der Waals surface area contributed by atoms with Crippen molar-refractivity contribution >= 4 is 34.9 Å². The zero-order valence-electron chi connectivity index (χ0n) is 16.3. The molecule has 11 heteroatoms. The average Bonchev–Trinajstić information content (AvgIpc) is 2.74. The molecule has 0 spiro atoms. The second kappa shape index (κ2) is 9.03. The van der Waals surface area contributed by atoms with Crippen molar-refractivity contribution in [3.05, 3.63) is 63.2 Å². The molecule has 1 heterocycles. The van der Waals surface area contributed by atoms with E-state index in [2.05, 4.69) is 10.6 Å². The van der Waals surface area contributed by atoms with E-state index >= 15 is 0 Å². The Hall–Kier alpha value is -4.28. The third kappa shape index (κ3) is 5.21. The number of esters is 1. The fourth-order valence-electron chi connectivity index (χ4n) is 2.79. The number of anilines is 1.